The Labute approximate surface area is 138 Å². The Bertz CT molecular complexity index is 657. The lowest BCUT2D eigenvalue weighted by Gasteiger charge is -2.21. The van der Waals surface area contributed by atoms with Gasteiger partial charge in [-0.1, -0.05) is 63.2 Å². The van der Waals surface area contributed by atoms with Crippen LogP contribution in [0.2, 0.25) is 0 Å². The van der Waals surface area contributed by atoms with Crippen LogP contribution in [-0.4, -0.2) is 29.1 Å². The Morgan fingerprint density at radius 3 is 2.35 bits per heavy atom. The van der Waals surface area contributed by atoms with E-state index in [0.29, 0.717) is 12.0 Å². The van der Waals surface area contributed by atoms with Crippen molar-refractivity contribution >= 4 is 6.21 Å². The van der Waals surface area contributed by atoms with Crippen LogP contribution in [0.4, 0.5) is 0 Å². The standard InChI is InChI=1S/C20H25NO2/c1-20(2,3)18-11-7-10-16(19(18)23)13-21-17(14-22)12-15-8-5-4-6-9-15/h4-11,13,17,22-23H,12,14H2,1-3H3/b21-13+/t17-/m0/s1. The third-order valence-electron chi connectivity index (χ3n) is 3.82. The fourth-order valence-electron chi connectivity index (χ4n) is 2.51. The van der Waals surface area contributed by atoms with Crippen molar-refractivity contribution in [2.45, 2.75) is 38.6 Å². The van der Waals surface area contributed by atoms with E-state index in [4.69, 9.17) is 0 Å². The first-order chi connectivity index (χ1) is 10.9. The molecular formula is C20H25NO2. The smallest absolute Gasteiger partial charge is 0.128 e. The van der Waals surface area contributed by atoms with Crippen molar-refractivity contribution in [3.63, 3.8) is 0 Å². The third kappa shape index (κ3) is 4.67. The monoisotopic (exact) mass is 311 g/mol. The highest BCUT2D eigenvalue weighted by atomic mass is 16.3. The van der Waals surface area contributed by atoms with E-state index in [2.05, 4.69) is 25.8 Å². The van der Waals surface area contributed by atoms with Crippen molar-refractivity contribution in [3.05, 3.63) is 65.2 Å². The molecule has 0 aromatic heterocycles. The Morgan fingerprint density at radius 1 is 1.04 bits per heavy atom. The molecule has 1 atom stereocenters. The number of benzene rings is 2. The summed E-state index contributed by atoms with van der Waals surface area (Å²) < 4.78 is 0. The number of aliphatic hydroxyl groups is 1. The summed E-state index contributed by atoms with van der Waals surface area (Å²) in [7, 11) is 0. The molecule has 2 N–H and O–H groups in total. The Kier molecular flexibility index (Phi) is 5.56. The molecule has 0 unspecified atom stereocenters. The minimum Gasteiger partial charge on any atom is -0.507 e. The highest BCUT2D eigenvalue weighted by Gasteiger charge is 2.19. The van der Waals surface area contributed by atoms with E-state index >= 15 is 0 Å². The summed E-state index contributed by atoms with van der Waals surface area (Å²) in [5.41, 5.74) is 2.58. The van der Waals surface area contributed by atoms with E-state index in [1.807, 2.05) is 48.5 Å². The molecule has 0 heterocycles. The summed E-state index contributed by atoms with van der Waals surface area (Å²) in [4.78, 5) is 4.46. The molecule has 0 aliphatic heterocycles. The van der Waals surface area contributed by atoms with Gasteiger partial charge in [-0.15, -0.1) is 0 Å². The van der Waals surface area contributed by atoms with E-state index in [1.165, 1.54) is 0 Å². The zero-order chi connectivity index (χ0) is 16.9. The normalized spacial score (nSPS) is 13.4. The van der Waals surface area contributed by atoms with Crippen LogP contribution in [-0.2, 0) is 11.8 Å². The predicted molar refractivity (Wildman–Crippen MR) is 95.4 cm³/mol. The molecule has 0 aliphatic carbocycles. The maximum atomic E-state index is 10.4. The van der Waals surface area contributed by atoms with Gasteiger partial charge in [-0.3, -0.25) is 4.99 Å². The minimum absolute atomic E-state index is 0.0227. The number of phenols is 1. The number of phenolic OH excluding ortho intramolecular Hbond substituents is 1. The molecule has 2 rings (SSSR count). The van der Waals surface area contributed by atoms with Gasteiger partial charge in [0.1, 0.15) is 5.75 Å². The molecule has 0 saturated heterocycles. The topological polar surface area (TPSA) is 52.8 Å². The van der Waals surface area contributed by atoms with Crippen molar-refractivity contribution in [2.24, 2.45) is 4.99 Å². The summed E-state index contributed by atoms with van der Waals surface area (Å²) in [5, 5.41) is 20.0. The van der Waals surface area contributed by atoms with Crippen molar-refractivity contribution in [1.29, 1.82) is 0 Å². The van der Waals surface area contributed by atoms with Crippen LogP contribution in [0.15, 0.2) is 53.5 Å². The highest BCUT2D eigenvalue weighted by Crippen LogP contribution is 2.32. The Balaban J connectivity index is 2.18. The maximum Gasteiger partial charge on any atom is 0.128 e. The van der Waals surface area contributed by atoms with E-state index in [-0.39, 0.29) is 23.8 Å². The first-order valence-electron chi connectivity index (χ1n) is 7.92. The number of aliphatic imine (C=N–C) groups is 1. The lowest BCUT2D eigenvalue weighted by Crippen LogP contribution is -2.14. The summed E-state index contributed by atoms with van der Waals surface area (Å²) in [6.45, 7) is 6.17. The van der Waals surface area contributed by atoms with Gasteiger partial charge >= 0.3 is 0 Å². The van der Waals surface area contributed by atoms with Crippen molar-refractivity contribution < 1.29 is 10.2 Å². The average molecular weight is 311 g/mol. The van der Waals surface area contributed by atoms with E-state index in [1.54, 1.807) is 6.21 Å². The van der Waals surface area contributed by atoms with E-state index in [9.17, 15) is 10.2 Å². The number of aliphatic hydroxyl groups excluding tert-OH is 1. The molecule has 23 heavy (non-hydrogen) atoms. The molecule has 0 bridgehead atoms. The number of aromatic hydroxyl groups is 1. The molecule has 2 aromatic rings. The minimum atomic E-state index is -0.213. The number of hydrogen-bond acceptors (Lipinski definition) is 3. The fourth-order valence-corrected chi connectivity index (χ4v) is 2.51. The van der Waals surface area contributed by atoms with Crippen LogP contribution in [0.5, 0.6) is 5.75 Å². The zero-order valence-electron chi connectivity index (χ0n) is 14.0. The van der Waals surface area contributed by atoms with Gasteiger partial charge in [0, 0.05) is 11.8 Å². The van der Waals surface area contributed by atoms with Crippen LogP contribution in [0.1, 0.15) is 37.5 Å². The number of rotatable bonds is 5. The van der Waals surface area contributed by atoms with Crippen LogP contribution in [0.25, 0.3) is 0 Å². The summed E-state index contributed by atoms with van der Waals surface area (Å²) in [6, 6.07) is 15.5. The number of nitrogens with zero attached hydrogens (tertiary/aromatic N) is 1. The lowest BCUT2D eigenvalue weighted by molar-refractivity contribution is 0.266. The molecule has 3 heteroatoms. The molecule has 122 valence electrons. The largest absolute Gasteiger partial charge is 0.507 e. The van der Waals surface area contributed by atoms with Crippen molar-refractivity contribution in [1.82, 2.24) is 0 Å². The zero-order valence-corrected chi connectivity index (χ0v) is 14.0. The van der Waals surface area contributed by atoms with E-state index < -0.39 is 0 Å². The third-order valence-corrected chi connectivity index (χ3v) is 3.82. The number of para-hydroxylation sites is 1. The second kappa shape index (κ2) is 7.42. The molecule has 3 nitrogen and oxygen atoms in total. The first-order valence-corrected chi connectivity index (χ1v) is 7.92. The SMILES string of the molecule is CC(C)(C)c1cccc(/C=N/[C@H](CO)Cc2ccccc2)c1O. The van der Waals surface area contributed by atoms with Crippen molar-refractivity contribution in [2.75, 3.05) is 6.61 Å². The summed E-state index contributed by atoms with van der Waals surface area (Å²) >= 11 is 0. The summed E-state index contributed by atoms with van der Waals surface area (Å²) in [5.74, 6) is 0.264. The van der Waals surface area contributed by atoms with Crippen LogP contribution in [0.3, 0.4) is 0 Å². The highest BCUT2D eigenvalue weighted by molar-refractivity contribution is 5.84. The second-order valence-corrected chi connectivity index (χ2v) is 6.80. The molecule has 0 spiro atoms. The van der Waals surface area contributed by atoms with Crippen LogP contribution < -0.4 is 0 Å². The predicted octanol–water partition coefficient (Wildman–Crippen LogP) is 3.71. The number of hydrogen-bond donors (Lipinski definition) is 2. The van der Waals surface area contributed by atoms with Gasteiger partial charge in [0.15, 0.2) is 0 Å². The lowest BCUT2D eigenvalue weighted by atomic mass is 9.85. The Morgan fingerprint density at radius 2 is 1.74 bits per heavy atom. The molecule has 0 saturated carbocycles. The van der Waals surface area contributed by atoms with E-state index in [0.717, 1.165) is 11.1 Å². The molecule has 2 aromatic carbocycles. The van der Waals surface area contributed by atoms with Crippen LogP contribution >= 0.6 is 0 Å². The first kappa shape index (κ1) is 17.2. The van der Waals surface area contributed by atoms with Gasteiger partial charge in [-0.25, -0.2) is 0 Å². The average Bonchev–Trinajstić information content (AvgIpc) is 2.52. The molecule has 0 amide bonds. The van der Waals surface area contributed by atoms with Crippen LogP contribution in [0, 0.1) is 0 Å². The van der Waals surface area contributed by atoms with Gasteiger partial charge in [0.2, 0.25) is 0 Å². The van der Waals surface area contributed by atoms with Gasteiger partial charge in [-0.05, 0) is 29.0 Å². The van der Waals surface area contributed by atoms with Gasteiger partial charge < -0.3 is 10.2 Å². The van der Waals surface area contributed by atoms with Gasteiger partial charge in [-0.2, -0.15) is 0 Å². The van der Waals surface area contributed by atoms with Crippen molar-refractivity contribution in [3.8, 4) is 5.75 Å². The second-order valence-electron chi connectivity index (χ2n) is 6.80. The molecular weight excluding hydrogens is 286 g/mol. The summed E-state index contributed by atoms with van der Waals surface area (Å²) in [6.07, 6.45) is 2.34. The molecule has 0 radical (unpaired) electrons. The van der Waals surface area contributed by atoms with Gasteiger partial charge in [0.05, 0.1) is 12.6 Å². The molecule has 0 fully saturated rings. The fraction of sp³-hybridized carbons (Fsp3) is 0.350. The maximum absolute atomic E-state index is 10.4. The molecule has 0 aliphatic rings. The quantitative estimate of drug-likeness (QED) is 0.827. The van der Waals surface area contributed by atoms with Gasteiger partial charge in [0.25, 0.3) is 0 Å². The Hall–Kier alpha value is -2.13.